The third-order valence-corrected chi connectivity index (χ3v) is 4.33. The molecule has 0 aromatic carbocycles. The number of ether oxygens (including phenoxy) is 2. The van der Waals surface area contributed by atoms with E-state index in [1.807, 2.05) is 19.1 Å². The zero-order chi connectivity index (χ0) is 16.0. The fraction of sp³-hybridized carbons (Fsp3) is 0.750. The predicted octanol–water partition coefficient (Wildman–Crippen LogP) is 1.88. The molecule has 1 fully saturated rings. The highest BCUT2D eigenvalue weighted by molar-refractivity contribution is 6.36. The van der Waals surface area contributed by atoms with E-state index in [4.69, 9.17) is 9.47 Å². The molecule has 0 aromatic heterocycles. The lowest BCUT2D eigenvalue weighted by atomic mass is 9.68. The molecule has 4 atom stereocenters. The van der Waals surface area contributed by atoms with E-state index >= 15 is 0 Å². The number of esters is 1. The maximum Gasteiger partial charge on any atom is 0.377 e. The van der Waals surface area contributed by atoms with Crippen LogP contribution in [0.15, 0.2) is 12.2 Å². The van der Waals surface area contributed by atoms with Gasteiger partial charge in [0.1, 0.15) is 5.60 Å². The van der Waals surface area contributed by atoms with E-state index in [2.05, 4.69) is 0 Å². The number of allylic oxidation sites excluding steroid dienone is 1. The van der Waals surface area contributed by atoms with Gasteiger partial charge < -0.3 is 14.6 Å². The molecule has 0 spiro atoms. The highest BCUT2D eigenvalue weighted by atomic mass is 16.5. The first-order valence-electron chi connectivity index (χ1n) is 7.50. The van der Waals surface area contributed by atoms with Gasteiger partial charge in [-0.15, -0.1) is 0 Å². The van der Waals surface area contributed by atoms with E-state index in [1.165, 1.54) is 0 Å². The number of aliphatic hydroxyl groups is 1. The lowest BCUT2D eigenvalue weighted by Gasteiger charge is -2.41. The van der Waals surface area contributed by atoms with Crippen LogP contribution in [0.25, 0.3) is 0 Å². The summed E-state index contributed by atoms with van der Waals surface area (Å²) in [6, 6.07) is 0. The monoisotopic (exact) mass is 298 g/mol. The fourth-order valence-electron chi connectivity index (χ4n) is 2.99. The summed E-state index contributed by atoms with van der Waals surface area (Å²) in [4.78, 5) is 23.9. The molecule has 1 rings (SSSR count). The van der Waals surface area contributed by atoms with E-state index in [0.717, 1.165) is 6.42 Å². The number of hydrogen-bond donors (Lipinski definition) is 1. The van der Waals surface area contributed by atoms with Crippen LogP contribution in [0.3, 0.4) is 0 Å². The van der Waals surface area contributed by atoms with Crippen molar-refractivity contribution >= 4 is 11.8 Å². The van der Waals surface area contributed by atoms with Crippen LogP contribution in [-0.2, 0) is 19.1 Å². The summed E-state index contributed by atoms with van der Waals surface area (Å²) >= 11 is 0. The summed E-state index contributed by atoms with van der Waals surface area (Å²) in [6.45, 7) is 5.45. The Balaban J connectivity index is 2.93. The van der Waals surface area contributed by atoms with Gasteiger partial charge in [-0.05, 0) is 44.9 Å². The summed E-state index contributed by atoms with van der Waals surface area (Å²) in [5.74, 6) is -2.05. The summed E-state index contributed by atoms with van der Waals surface area (Å²) in [6.07, 6.45) is 5.37. The van der Waals surface area contributed by atoms with Gasteiger partial charge in [0.25, 0.3) is 5.78 Å². The zero-order valence-corrected chi connectivity index (χ0v) is 13.3. The van der Waals surface area contributed by atoms with E-state index in [9.17, 15) is 14.7 Å². The molecule has 1 N–H and O–H groups in total. The van der Waals surface area contributed by atoms with E-state index in [0.29, 0.717) is 6.42 Å². The third-order valence-electron chi connectivity index (χ3n) is 4.33. The van der Waals surface area contributed by atoms with Gasteiger partial charge in [-0.2, -0.15) is 0 Å². The van der Waals surface area contributed by atoms with Gasteiger partial charge in [0.15, 0.2) is 0 Å². The molecule has 0 saturated heterocycles. The Labute approximate surface area is 126 Å². The minimum atomic E-state index is -1.66. The maximum absolute atomic E-state index is 12.3. The second-order valence-corrected chi connectivity index (χ2v) is 5.64. The molecule has 21 heavy (non-hydrogen) atoms. The van der Waals surface area contributed by atoms with Crippen molar-refractivity contribution in [2.75, 3.05) is 13.7 Å². The lowest BCUT2D eigenvalue weighted by molar-refractivity contribution is -0.170. The Morgan fingerprint density at radius 3 is 2.62 bits per heavy atom. The third kappa shape index (κ3) is 3.92. The van der Waals surface area contributed by atoms with E-state index < -0.39 is 17.4 Å². The number of methoxy groups -OCH3 is 1. The molecule has 0 heterocycles. The van der Waals surface area contributed by atoms with Gasteiger partial charge in [0, 0.05) is 7.11 Å². The van der Waals surface area contributed by atoms with E-state index in [-0.39, 0.29) is 31.0 Å². The molecule has 0 unspecified atom stereocenters. The van der Waals surface area contributed by atoms with Crippen LogP contribution in [0.2, 0.25) is 0 Å². The molecule has 0 aromatic rings. The molecule has 5 nitrogen and oxygen atoms in total. The zero-order valence-electron chi connectivity index (χ0n) is 13.3. The first kappa shape index (κ1) is 17.9. The molecule has 0 amide bonds. The summed E-state index contributed by atoms with van der Waals surface area (Å²) in [7, 11) is 1.61. The second kappa shape index (κ2) is 7.71. The number of ketones is 1. The average Bonchev–Trinajstić information content (AvgIpc) is 2.47. The highest BCUT2D eigenvalue weighted by Crippen LogP contribution is 2.40. The molecule has 0 radical (unpaired) electrons. The molecule has 120 valence electrons. The van der Waals surface area contributed by atoms with Gasteiger partial charge in [-0.1, -0.05) is 19.1 Å². The summed E-state index contributed by atoms with van der Waals surface area (Å²) < 4.78 is 10.2. The number of Topliss-reactive ketones (excluding diaryl/α,β-unsaturated/α-hetero) is 1. The molecule has 0 aliphatic heterocycles. The average molecular weight is 298 g/mol. The van der Waals surface area contributed by atoms with Crippen molar-refractivity contribution in [2.24, 2.45) is 11.8 Å². The molecular formula is C16H26O5. The number of hydrogen-bond acceptors (Lipinski definition) is 5. The van der Waals surface area contributed by atoms with Crippen molar-refractivity contribution in [3.8, 4) is 0 Å². The number of carbonyl (C=O) groups excluding carboxylic acids is 2. The van der Waals surface area contributed by atoms with E-state index in [1.54, 1.807) is 21.0 Å². The van der Waals surface area contributed by atoms with Crippen LogP contribution in [0, 0.1) is 11.8 Å². The minimum Gasteiger partial charge on any atom is -0.460 e. The quantitative estimate of drug-likeness (QED) is 0.460. The van der Waals surface area contributed by atoms with Gasteiger partial charge >= 0.3 is 5.97 Å². The predicted molar refractivity (Wildman–Crippen MR) is 78.7 cm³/mol. The largest absolute Gasteiger partial charge is 0.460 e. The second-order valence-electron chi connectivity index (χ2n) is 5.64. The topological polar surface area (TPSA) is 72.8 Å². The van der Waals surface area contributed by atoms with Crippen molar-refractivity contribution in [3.05, 3.63) is 12.2 Å². The van der Waals surface area contributed by atoms with Crippen LogP contribution in [0.4, 0.5) is 0 Å². The minimum absolute atomic E-state index is 0.00535. The van der Waals surface area contributed by atoms with Crippen molar-refractivity contribution in [1.82, 2.24) is 0 Å². The van der Waals surface area contributed by atoms with Gasteiger partial charge in [0.2, 0.25) is 0 Å². The molecule has 1 saturated carbocycles. The van der Waals surface area contributed by atoms with Crippen LogP contribution in [0.5, 0.6) is 0 Å². The fourth-order valence-corrected chi connectivity index (χ4v) is 2.99. The highest BCUT2D eigenvalue weighted by Gasteiger charge is 2.50. The Morgan fingerprint density at radius 1 is 1.43 bits per heavy atom. The number of rotatable bonds is 6. The smallest absolute Gasteiger partial charge is 0.377 e. The van der Waals surface area contributed by atoms with Crippen LogP contribution in [-0.4, -0.2) is 42.3 Å². The molecule has 1 aliphatic carbocycles. The Morgan fingerprint density at radius 2 is 2.10 bits per heavy atom. The molecule has 1 aliphatic rings. The van der Waals surface area contributed by atoms with Gasteiger partial charge in [0.05, 0.1) is 12.7 Å². The van der Waals surface area contributed by atoms with Crippen molar-refractivity contribution in [3.63, 3.8) is 0 Å². The summed E-state index contributed by atoms with van der Waals surface area (Å²) in [5, 5.41) is 10.8. The SMILES string of the molecule is C/C=C\[C@H](OC)[C@@H]1CC[C@@H](C)[C@](O)(C(=O)C(=O)OCC)C1. The van der Waals surface area contributed by atoms with Crippen LogP contribution >= 0.6 is 0 Å². The number of carbonyl (C=O) groups is 2. The maximum atomic E-state index is 12.3. The lowest BCUT2D eigenvalue weighted by Crippen LogP contribution is -2.53. The standard InChI is InChI=1S/C16H26O5/c1-5-7-13(20-4)12-9-8-11(3)16(19,10-12)14(17)15(18)21-6-2/h5,7,11-13,19H,6,8-10H2,1-4H3/b7-5-/t11-,12-,13+,16+/m1/s1. The molecule has 5 heteroatoms. The normalized spacial score (nSPS) is 31.1. The first-order chi connectivity index (χ1) is 9.90. The molecule has 0 bridgehead atoms. The Bertz CT molecular complexity index is 403. The van der Waals surface area contributed by atoms with Crippen molar-refractivity contribution in [1.29, 1.82) is 0 Å². The van der Waals surface area contributed by atoms with Crippen molar-refractivity contribution < 1.29 is 24.2 Å². The summed E-state index contributed by atoms with van der Waals surface area (Å²) in [5.41, 5.74) is -1.66. The molecular weight excluding hydrogens is 272 g/mol. The van der Waals surface area contributed by atoms with Crippen molar-refractivity contribution in [2.45, 2.75) is 51.7 Å². The van der Waals surface area contributed by atoms with Crippen LogP contribution in [0.1, 0.15) is 40.0 Å². The van der Waals surface area contributed by atoms with Gasteiger partial charge in [-0.3, -0.25) is 4.79 Å². The Kier molecular flexibility index (Phi) is 6.55. The van der Waals surface area contributed by atoms with Gasteiger partial charge in [-0.25, -0.2) is 4.79 Å². The van der Waals surface area contributed by atoms with Crippen LogP contribution < -0.4 is 0 Å². The Hall–Kier alpha value is -1.20. The first-order valence-corrected chi connectivity index (χ1v) is 7.50.